The van der Waals surface area contributed by atoms with E-state index in [0.29, 0.717) is 35.4 Å². The van der Waals surface area contributed by atoms with Crippen molar-refractivity contribution in [2.75, 3.05) is 26.3 Å². The molecule has 0 unspecified atom stereocenters. The standard InChI is InChI=1S/C25H25BrF2N4O5S/c1-3-36-25(35)19-16(12-32-9-10-37-13(2)17(32)6-7-18(33)34)30-23(24-29-8-11-38-24)31-22(19)14-4-5-15(27)21(28)20(14)26/h4-6,8,11,13,22H,3,7,9-10,12H2,1-2H3,(H,30,31)(H,33,34)/b17-6+/t13-,22+/m1/s1. The van der Waals surface area contributed by atoms with Crippen molar-refractivity contribution < 1.29 is 33.0 Å². The first-order chi connectivity index (χ1) is 18.2. The van der Waals surface area contributed by atoms with Crippen molar-refractivity contribution in [2.45, 2.75) is 32.4 Å². The number of carbonyl (C=O) groups is 2. The molecule has 1 aromatic carbocycles. The van der Waals surface area contributed by atoms with E-state index in [2.05, 4.69) is 31.2 Å². The molecule has 0 bridgehead atoms. The number of aromatic nitrogens is 1. The molecule has 0 saturated carbocycles. The van der Waals surface area contributed by atoms with Crippen molar-refractivity contribution in [1.82, 2.24) is 15.2 Å². The number of benzene rings is 1. The minimum Gasteiger partial charge on any atom is -0.481 e. The summed E-state index contributed by atoms with van der Waals surface area (Å²) in [6.45, 7) is 4.54. The van der Waals surface area contributed by atoms with Crippen LogP contribution in [0.15, 0.2) is 56.2 Å². The largest absolute Gasteiger partial charge is 0.481 e. The number of nitrogens with one attached hydrogen (secondary N) is 1. The summed E-state index contributed by atoms with van der Waals surface area (Å²) < 4.78 is 39.5. The predicted molar refractivity (Wildman–Crippen MR) is 140 cm³/mol. The third-order valence-corrected chi connectivity index (χ3v) is 7.55. The number of morpholine rings is 1. The van der Waals surface area contributed by atoms with Crippen molar-refractivity contribution in [1.29, 1.82) is 0 Å². The average molecular weight is 611 g/mol. The Kier molecular flexibility index (Phi) is 8.90. The Morgan fingerprint density at radius 2 is 2.18 bits per heavy atom. The van der Waals surface area contributed by atoms with Crippen molar-refractivity contribution in [3.63, 3.8) is 0 Å². The number of hydrogen-bond donors (Lipinski definition) is 2. The molecule has 3 heterocycles. The molecule has 2 aromatic rings. The van der Waals surface area contributed by atoms with Gasteiger partial charge in [-0.1, -0.05) is 12.1 Å². The number of halogens is 3. The molecule has 2 aliphatic rings. The molecule has 2 N–H and O–H groups in total. The van der Waals surface area contributed by atoms with E-state index in [-0.39, 0.29) is 41.3 Å². The molecule has 0 aliphatic carbocycles. The summed E-state index contributed by atoms with van der Waals surface area (Å²) in [5.74, 6) is -3.45. The lowest BCUT2D eigenvalue weighted by molar-refractivity contribution is -0.139. The van der Waals surface area contributed by atoms with Crippen LogP contribution in [-0.2, 0) is 19.1 Å². The van der Waals surface area contributed by atoms with Gasteiger partial charge in [0.2, 0.25) is 0 Å². The molecule has 2 aliphatic heterocycles. The number of nitrogens with zero attached hydrogens (tertiary/aromatic N) is 3. The van der Waals surface area contributed by atoms with Gasteiger partial charge in [0.15, 0.2) is 22.5 Å². The Hall–Kier alpha value is -3.16. The quantitative estimate of drug-likeness (QED) is 0.338. The van der Waals surface area contributed by atoms with Crippen LogP contribution in [0.2, 0.25) is 0 Å². The summed E-state index contributed by atoms with van der Waals surface area (Å²) in [5, 5.41) is 14.7. The normalized spacial score (nSPS) is 20.8. The smallest absolute Gasteiger partial charge is 0.338 e. The number of rotatable bonds is 8. The van der Waals surface area contributed by atoms with Crippen LogP contribution in [0, 0.1) is 11.6 Å². The number of aliphatic imine (C=N–C) groups is 1. The highest BCUT2D eigenvalue weighted by molar-refractivity contribution is 9.10. The Morgan fingerprint density at radius 1 is 1.39 bits per heavy atom. The van der Waals surface area contributed by atoms with Gasteiger partial charge in [-0.3, -0.25) is 9.79 Å². The highest BCUT2D eigenvalue weighted by Gasteiger charge is 2.36. The van der Waals surface area contributed by atoms with Crippen LogP contribution >= 0.6 is 27.3 Å². The lowest BCUT2D eigenvalue weighted by atomic mass is 9.95. The van der Waals surface area contributed by atoms with E-state index in [0.717, 1.165) is 6.07 Å². The van der Waals surface area contributed by atoms with Crippen LogP contribution in [0.5, 0.6) is 0 Å². The zero-order chi connectivity index (χ0) is 27.4. The third kappa shape index (κ3) is 5.94. The van der Waals surface area contributed by atoms with Gasteiger partial charge in [0.25, 0.3) is 0 Å². The van der Waals surface area contributed by atoms with Crippen molar-refractivity contribution in [3.05, 3.63) is 73.4 Å². The first-order valence-electron chi connectivity index (χ1n) is 11.8. The molecule has 4 rings (SSSR count). The number of esters is 1. The molecular weight excluding hydrogens is 586 g/mol. The molecule has 202 valence electrons. The van der Waals surface area contributed by atoms with Gasteiger partial charge in [0.05, 0.1) is 42.3 Å². The second-order valence-corrected chi connectivity index (χ2v) is 10.1. The van der Waals surface area contributed by atoms with Crippen LogP contribution < -0.4 is 5.32 Å². The van der Waals surface area contributed by atoms with E-state index < -0.39 is 29.6 Å². The number of carboxylic acids is 1. The average Bonchev–Trinajstić information content (AvgIpc) is 3.42. The zero-order valence-corrected chi connectivity index (χ0v) is 22.9. The summed E-state index contributed by atoms with van der Waals surface area (Å²) in [7, 11) is 0. The molecule has 9 nitrogen and oxygen atoms in total. The highest BCUT2D eigenvalue weighted by Crippen LogP contribution is 2.38. The van der Waals surface area contributed by atoms with Gasteiger partial charge in [0.1, 0.15) is 6.04 Å². The van der Waals surface area contributed by atoms with E-state index in [4.69, 9.17) is 9.47 Å². The number of carbonyl (C=O) groups excluding carboxylic acids is 1. The minimum absolute atomic E-state index is 0.0860. The number of amidine groups is 1. The molecular formula is C25H25BrF2N4O5S. The van der Waals surface area contributed by atoms with Crippen molar-refractivity contribution in [2.24, 2.45) is 4.99 Å². The van der Waals surface area contributed by atoms with Gasteiger partial charge in [-0.05, 0) is 41.4 Å². The summed E-state index contributed by atoms with van der Waals surface area (Å²) in [6, 6.07) is 1.31. The lowest BCUT2D eigenvalue weighted by Crippen LogP contribution is -2.44. The van der Waals surface area contributed by atoms with Gasteiger partial charge < -0.3 is 24.8 Å². The van der Waals surface area contributed by atoms with Gasteiger partial charge in [-0.2, -0.15) is 0 Å². The number of carboxylic acid groups (broad SMARTS) is 1. The van der Waals surface area contributed by atoms with E-state index in [1.165, 1.54) is 17.4 Å². The highest BCUT2D eigenvalue weighted by atomic mass is 79.9. The third-order valence-electron chi connectivity index (χ3n) is 5.96. The molecule has 0 amide bonds. The summed E-state index contributed by atoms with van der Waals surface area (Å²) in [5.41, 5.74) is 1.42. The zero-order valence-electron chi connectivity index (χ0n) is 20.5. The van der Waals surface area contributed by atoms with Crippen molar-refractivity contribution >= 4 is 45.0 Å². The molecule has 0 spiro atoms. The molecule has 1 saturated heterocycles. The van der Waals surface area contributed by atoms with Gasteiger partial charge in [-0.15, -0.1) is 11.3 Å². The van der Waals surface area contributed by atoms with E-state index >= 15 is 0 Å². The molecule has 38 heavy (non-hydrogen) atoms. The van der Waals surface area contributed by atoms with E-state index in [1.54, 1.807) is 24.6 Å². The summed E-state index contributed by atoms with van der Waals surface area (Å²) >= 11 is 4.45. The van der Waals surface area contributed by atoms with E-state index in [1.807, 2.05) is 11.8 Å². The fraction of sp³-hybridized carbons (Fsp3) is 0.360. The maximum absolute atomic E-state index is 14.6. The van der Waals surface area contributed by atoms with Crippen LogP contribution in [-0.4, -0.2) is 65.2 Å². The molecule has 13 heteroatoms. The van der Waals surface area contributed by atoms with Crippen LogP contribution in [0.4, 0.5) is 8.78 Å². The Morgan fingerprint density at radius 3 is 2.87 bits per heavy atom. The Bertz CT molecular complexity index is 1320. The SMILES string of the molecule is CCOC(=O)C1=C(CN2CCO[C@H](C)/C2=C\CC(=O)O)NC(c2nccs2)=N[C@H]1c1ccc(F)c(F)c1Br. The minimum atomic E-state index is -1.10. The Balaban J connectivity index is 1.85. The lowest BCUT2D eigenvalue weighted by Gasteiger charge is -2.38. The fourth-order valence-corrected chi connectivity index (χ4v) is 5.38. The van der Waals surface area contributed by atoms with E-state index in [9.17, 15) is 23.5 Å². The molecule has 2 atom stereocenters. The maximum Gasteiger partial charge on any atom is 0.338 e. The monoisotopic (exact) mass is 610 g/mol. The Labute approximate surface area is 230 Å². The van der Waals surface area contributed by atoms with Crippen molar-refractivity contribution in [3.8, 4) is 0 Å². The topological polar surface area (TPSA) is 113 Å². The fourth-order valence-electron chi connectivity index (χ4n) is 4.26. The number of aliphatic carboxylic acids is 1. The second-order valence-electron chi connectivity index (χ2n) is 8.38. The predicted octanol–water partition coefficient (Wildman–Crippen LogP) is 4.17. The number of ether oxygens (including phenoxy) is 2. The first-order valence-corrected chi connectivity index (χ1v) is 13.4. The summed E-state index contributed by atoms with van der Waals surface area (Å²) in [4.78, 5) is 35.5. The van der Waals surface area contributed by atoms with Gasteiger partial charge >= 0.3 is 11.9 Å². The first kappa shape index (κ1) is 27.9. The van der Waals surface area contributed by atoms with Crippen LogP contribution in [0.25, 0.3) is 0 Å². The summed E-state index contributed by atoms with van der Waals surface area (Å²) in [6.07, 6.45) is 2.61. The maximum atomic E-state index is 14.6. The molecule has 1 fully saturated rings. The van der Waals surface area contributed by atoms with Crippen LogP contribution in [0.3, 0.4) is 0 Å². The molecule has 0 radical (unpaired) electrons. The second kappa shape index (κ2) is 12.1. The molecule has 1 aromatic heterocycles. The van der Waals surface area contributed by atoms with Gasteiger partial charge in [0, 0.05) is 29.5 Å². The van der Waals surface area contributed by atoms with Crippen LogP contribution in [0.1, 0.15) is 36.9 Å². The number of hydrogen-bond acceptors (Lipinski definition) is 9. The number of thiazole rings is 1. The van der Waals surface area contributed by atoms with Gasteiger partial charge in [-0.25, -0.2) is 18.6 Å².